The summed E-state index contributed by atoms with van der Waals surface area (Å²) in [5, 5.41) is 6.80. The molecule has 1 amide bonds. The lowest BCUT2D eigenvalue weighted by Gasteiger charge is -2.29. The molecule has 0 spiro atoms. The zero-order chi connectivity index (χ0) is 13.5. The highest BCUT2D eigenvalue weighted by atomic mass is 79.9. The van der Waals surface area contributed by atoms with E-state index in [1.54, 1.807) is 4.90 Å². The average molecular weight is 316 g/mol. The fraction of sp³-hybridized carbons (Fsp3) is 0.583. The van der Waals surface area contributed by atoms with E-state index in [0.717, 1.165) is 18.2 Å². The SMILES string of the molecule is CCC(CC)N(CCBr)C(=O)c1ccc(=O)[nH]n1. The zero-order valence-electron chi connectivity index (χ0n) is 10.6. The topological polar surface area (TPSA) is 66.1 Å². The van der Waals surface area contributed by atoms with Crippen molar-refractivity contribution in [3.8, 4) is 0 Å². The second kappa shape index (κ2) is 7.31. The Balaban J connectivity index is 2.94. The number of hydrogen-bond donors (Lipinski definition) is 1. The van der Waals surface area contributed by atoms with Gasteiger partial charge < -0.3 is 4.90 Å². The van der Waals surface area contributed by atoms with Crippen molar-refractivity contribution in [1.29, 1.82) is 0 Å². The molecule has 0 saturated heterocycles. The van der Waals surface area contributed by atoms with E-state index < -0.39 is 0 Å². The number of hydrogen-bond acceptors (Lipinski definition) is 3. The first-order valence-corrected chi connectivity index (χ1v) is 7.18. The number of H-pyrrole nitrogens is 1. The first-order valence-electron chi connectivity index (χ1n) is 6.06. The minimum absolute atomic E-state index is 0.139. The molecule has 0 aromatic carbocycles. The van der Waals surface area contributed by atoms with E-state index in [1.807, 2.05) is 0 Å². The third-order valence-corrected chi connectivity index (χ3v) is 3.22. The normalized spacial score (nSPS) is 10.7. The zero-order valence-corrected chi connectivity index (χ0v) is 12.2. The molecule has 1 rings (SSSR count). The smallest absolute Gasteiger partial charge is 0.274 e. The first kappa shape index (κ1) is 14.9. The summed E-state index contributed by atoms with van der Waals surface area (Å²) < 4.78 is 0. The molecule has 0 radical (unpaired) electrons. The molecule has 0 unspecified atom stereocenters. The number of carbonyl (C=O) groups is 1. The summed E-state index contributed by atoms with van der Waals surface area (Å²) in [6.07, 6.45) is 1.80. The van der Waals surface area contributed by atoms with Crippen LogP contribution in [-0.4, -0.2) is 38.9 Å². The molecule has 0 aliphatic carbocycles. The van der Waals surface area contributed by atoms with Crippen LogP contribution in [-0.2, 0) is 0 Å². The van der Waals surface area contributed by atoms with Gasteiger partial charge in [0, 0.05) is 24.0 Å². The van der Waals surface area contributed by atoms with Gasteiger partial charge in [-0.15, -0.1) is 0 Å². The molecule has 5 nitrogen and oxygen atoms in total. The number of halogens is 1. The summed E-state index contributed by atoms with van der Waals surface area (Å²) >= 11 is 3.36. The molecular formula is C12H18BrN3O2. The van der Waals surface area contributed by atoms with Crippen molar-refractivity contribution in [2.24, 2.45) is 0 Å². The Morgan fingerprint density at radius 2 is 2.11 bits per heavy atom. The molecule has 0 fully saturated rings. The molecule has 1 heterocycles. The highest BCUT2D eigenvalue weighted by molar-refractivity contribution is 9.09. The highest BCUT2D eigenvalue weighted by Crippen LogP contribution is 2.12. The summed E-state index contributed by atoms with van der Waals surface area (Å²) in [4.78, 5) is 25.1. The maximum Gasteiger partial charge on any atom is 0.274 e. The largest absolute Gasteiger partial charge is 0.333 e. The Morgan fingerprint density at radius 1 is 1.44 bits per heavy atom. The lowest BCUT2D eigenvalue weighted by atomic mass is 10.1. The summed E-state index contributed by atoms with van der Waals surface area (Å²) in [5.74, 6) is -0.139. The third kappa shape index (κ3) is 3.66. The summed E-state index contributed by atoms with van der Waals surface area (Å²) in [6.45, 7) is 4.75. The van der Waals surface area contributed by atoms with E-state index in [4.69, 9.17) is 0 Å². The van der Waals surface area contributed by atoms with Crippen molar-refractivity contribution in [2.75, 3.05) is 11.9 Å². The predicted octanol–water partition coefficient (Wildman–Crippen LogP) is 1.80. The van der Waals surface area contributed by atoms with Gasteiger partial charge in [0.05, 0.1) is 0 Å². The fourth-order valence-corrected chi connectivity index (χ4v) is 2.26. The summed E-state index contributed by atoms with van der Waals surface area (Å²) in [6, 6.07) is 2.98. The van der Waals surface area contributed by atoms with Gasteiger partial charge in [-0.05, 0) is 18.9 Å². The molecule has 0 atom stereocenters. The number of nitrogens with one attached hydrogen (secondary N) is 1. The third-order valence-electron chi connectivity index (χ3n) is 2.87. The minimum Gasteiger partial charge on any atom is -0.333 e. The van der Waals surface area contributed by atoms with Crippen molar-refractivity contribution in [2.45, 2.75) is 32.7 Å². The Labute approximate surface area is 115 Å². The molecule has 18 heavy (non-hydrogen) atoms. The number of rotatable bonds is 6. The summed E-state index contributed by atoms with van der Waals surface area (Å²) in [5.41, 5.74) is -0.0245. The molecule has 0 aliphatic heterocycles. The van der Waals surface area contributed by atoms with E-state index in [2.05, 4.69) is 40.0 Å². The number of aromatic amines is 1. The van der Waals surface area contributed by atoms with Gasteiger partial charge in [-0.3, -0.25) is 9.59 Å². The predicted molar refractivity (Wildman–Crippen MR) is 74.1 cm³/mol. The van der Waals surface area contributed by atoms with Crippen molar-refractivity contribution < 1.29 is 4.79 Å². The molecule has 1 N–H and O–H groups in total. The van der Waals surface area contributed by atoms with Gasteiger partial charge >= 0.3 is 0 Å². The van der Waals surface area contributed by atoms with Gasteiger partial charge in [0.1, 0.15) is 5.69 Å². The quantitative estimate of drug-likeness (QED) is 0.814. The molecular weight excluding hydrogens is 298 g/mol. The van der Waals surface area contributed by atoms with Crippen LogP contribution in [0, 0.1) is 0 Å². The van der Waals surface area contributed by atoms with Crippen LogP contribution in [0.3, 0.4) is 0 Å². The monoisotopic (exact) mass is 315 g/mol. The second-order valence-corrected chi connectivity index (χ2v) is 4.76. The molecule has 0 aliphatic rings. The lowest BCUT2D eigenvalue weighted by Crippen LogP contribution is -2.41. The van der Waals surface area contributed by atoms with Crippen molar-refractivity contribution >= 4 is 21.8 Å². The fourth-order valence-electron chi connectivity index (χ4n) is 1.88. The van der Waals surface area contributed by atoms with Gasteiger partial charge in [0.2, 0.25) is 0 Å². The van der Waals surface area contributed by atoms with Crippen LogP contribution in [0.1, 0.15) is 37.2 Å². The first-order chi connectivity index (χ1) is 8.63. The maximum atomic E-state index is 12.3. The molecule has 0 saturated carbocycles. The van der Waals surface area contributed by atoms with Crippen LogP contribution in [0.4, 0.5) is 0 Å². The average Bonchev–Trinajstić information content (AvgIpc) is 2.39. The van der Waals surface area contributed by atoms with E-state index in [0.29, 0.717) is 6.54 Å². The van der Waals surface area contributed by atoms with Crippen molar-refractivity contribution in [1.82, 2.24) is 15.1 Å². The van der Waals surface area contributed by atoms with Gasteiger partial charge in [0.25, 0.3) is 11.5 Å². The van der Waals surface area contributed by atoms with Gasteiger partial charge in [-0.2, -0.15) is 5.10 Å². The van der Waals surface area contributed by atoms with Crippen molar-refractivity contribution in [3.05, 3.63) is 28.2 Å². The molecule has 100 valence electrons. The number of amides is 1. The van der Waals surface area contributed by atoms with Gasteiger partial charge in [-0.25, -0.2) is 5.10 Å². The number of carbonyl (C=O) groups excluding carboxylic acids is 1. The highest BCUT2D eigenvalue weighted by Gasteiger charge is 2.22. The van der Waals surface area contributed by atoms with Crippen LogP contribution in [0.5, 0.6) is 0 Å². The lowest BCUT2D eigenvalue weighted by molar-refractivity contribution is 0.0675. The van der Waals surface area contributed by atoms with Crippen LogP contribution >= 0.6 is 15.9 Å². The number of nitrogens with zero attached hydrogens (tertiary/aromatic N) is 2. The van der Waals surface area contributed by atoms with Crippen LogP contribution in [0.25, 0.3) is 0 Å². The maximum absolute atomic E-state index is 12.3. The van der Waals surface area contributed by atoms with Crippen molar-refractivity contribution in [3.63, 3.8) is 0 Å². The Bertz CT molecular complexity index is 423. The molecule has 1 aromatic heterocycles. The Kier molecular flexibility index (Phi) is 6.04. The molecule has 1 aromatic rings. The molecule has 6 heteroatoms. The Morgan fingerprint density at radius 3 is 2.56 bits per heavy atom. The summed E-state index contributed by atoms with van der Waals surface area (Å²) in [7, 11) is 0. The molecule has 0 bridgehead atoms. The van der Waals surface area contributed by atoms with Gasteiger partial charge in [-0.1, -0.05) is 29.8 Å². The van der Waals surface area contributed by atoms with Crippen LogP contribution in [0.15, 0.2) is 16.9 Å². The van der Waals surface area contributed by atoms with Crippen LogP contribution < -0.4 is 5.56 Å². The van der Waals surface area contributed by atoms with E-state index in [1.165, 1.54) is 12.1 Å². The standard InChI is InChI=1S/C12H18BrN3O2/c1-3-9(4-2)16(8-7-13)12(18)10-5-6-11(17)15-14-10/h5-6,9H,3-4,7-8H2,1-2H3,(H,15,17). The van der Waals surface area contributed by atoms with E-state index >= 15 is 0 Å². The van der Waals surface area contributed by atoms with E-state index in [-0.39, 0.29) is 23.2 Å². The number of aromatic nitrogens is 2. The number of alkyl halides is 1. The Hall–Kier alpha value is -1.17. The minimum atomic E-state index is -0.305. The van der Waals surface area contributed by atoms with E-state index in [9.17, 15) is 9.59 Å². The second-order valence-electron chi connectivity index (χ2n) is 3.96. The van der Waals surface area contributed by atoms with Gasteiger partial charge in [0.15, 0.2) is 0 Å². The van der Waals surface area contributed by atoms with Crippen LogP contribution in [0.2, 0.25) is 0 Å².